The van der Waals surface area contributed by atoms with E-state index in [0.717, 1.165) is 21.5 Å². The van der Waals surface area contributed by atoms with Crippen molar-refractivity contribution in [2.75, 3.05) is 7.11 Å². The van der Waals surface area contributed by atoms with Crippen LogP contribution in [0.2, 0.25) is 0 Å². The molecule has 0 amide bonds. The highest BCUT2D eigenvalue weighted by Gasteiger charge is 2.13. The molecule has 4 nitrogen and oxygen atoms in total. The summed E-state index contributed by atoms with van der Waals surface area (Å²) in [7, 11) is 1.64. The highest BCUT2D eigenvalue weighted by Crippen LogP contribution is 2.32. The van der Waals surface area contributed by atoms with Crippen LogP contribution in [0.25, 0.3) is 11.3 Å². The first-order valence-electron chi connectivity index (χ1n) is 6.43. The first-order valence-corrected chi connectivity index (χ1v) is 7.22. The number of aromatic nitrogens is 1. The van der Waals surface area contributed by atoms with Gasteiger partial charge in [-0.25, -0.2) is 4.98 Å². The molecule has 0 spiro atoms. The van der Waals surface area contributed by atoms with Crippen LogP contribution in [-0.4, -0.2) is 17.6 Å². The molecule has 0 saturated heterocycles. The van der Waals surface area contributed by atoms with E-state index in [9.17, 15) is 0 Å². The molecule has 0 fully saturated rings. The van der Waals surface area contributed by atoms with E-state index in [-0.39, 0.29) is 5.54 Å². The fourth-order valence-corrected chi connectivity index (χ4v) is 2.12. The minimum absolute atomic E-state index is 0.0329. The lowest BCUT2D eigenvalue weighted by Gasteiger charge is -2.18. The quantitative estimate of drug-likeness (QED) is 0.915. The maximum Gasteiger partial charge on any atom is 0.208 e. The van der Waals surface area contributed by atoms with Gasteiger partial charge in [0.1, 0.15) is 5.75 Å². The predicted molar refractivity (Wildman–Crippen MR) is 82.8 cm³/mol. The minimum atomic E-state index is 0.0329. The third-order valence-electron chi connectivity index (χ3n) is 2.76. The number of nitrogens with one attached hydrogen (secondary N) is 1. The van der Waals surface area contributed by atoms with E-state index >= 15 is 0 Å². The molecular formula is C15H19BrN2O2. The Morgan fingerprint density at radius 1 is 1.35 bits per heavy atom. The van der Waals surface area contributed by atoms with E-state index in [2.05, 4.69) is 47.0 Å². The second-order valence-corrected chi connectivity index (χ2v) is 6.42. The Morgan fingerprint density at radius 2 is 2.10 bits per heavy atom. The fourth-order valence-electron chi connectivity index (χ4n) is 1.68. The molecular weight excluding hydrogens is 320 g/mol. The number of hydrogen-bond donors (Lipinski definition) is 1. The van der Waals surface area contributed by atoms with Gasteiger partial charge in [0.15, 0.2) is 5.76 Å². The Kier molecular flexibility index (Phi) is 4.50. The molecule has 5 heteroatoms. The van der Waals surface area contributed by atoms with Crippen molar-refractivity contribution < 1.29 is 9.15 Å². The van der Waals surface area contributed by atoms with Gasteiger partial charge in [-0.3, -0.25) is 0 Å². The van der Waals surface area contributed by atoms with Gasteiger partial charge < -0.3 is 14.5 Å². The second-order valence-electron chi connectivity index (χ2n) is 5.57. The van der Waals surface area contributed by atoms with Gasteiger partial charge in [-0.05, 0) is 39.0 Å². The Morgan fingerprint density at radius 3 is 2.75 bits per heavy atom. The van der Waals surface area contributed by atoms with Gasteiger partial charge in [0.25, 0.3) is 0 Å². The van der Waals surface area contributed by atoms with Crippen molar-refractivity contribution in [1.82, 2.24) is 10.3 Å². The zero-order valence-electron chi connectivity index (χ0n) is 12.2. The summed E-state index contributed by atoms with van der Waals surface area (Å²) in [5.74, 6) is 2.18. The fraction of sp³-hybridized carbons (Fsp3) is 0.400. The van der Waals surface area contributed by atoms with Crippen LogP contribution in [0.15, 0.2) is 33.3 Å². The minimum Gasteiger partial charge on any atom is -0.497 e. The summed E-state index contributed by atoms with van der Waals surface area (Å²) < 4.78 is 12.0. The van der Waals surface area contributed by atoms with Crippen molar-refractivity contribution in [2.24, 2.45) is 0 Å². The summed E-state index contributed by atoms with van der Waals surface area (Å²) in [6, 6.07) is 5.75. The molecule has 0 aliphatic carbocycles. The summed E-state index contributed by atoms with van der Waals surface area (Å²) in [5.41, 5.74) is 0.962. The lowest BCUT2D eigenvalue weighted by atomic mass is 10.1. The molecule has 0 aliphatic rings. The van der Waals surface area contributed by atoms with E-state index < -0.39 is 0 Å². The summed E-state index contributed by atoms with van der Waals surface area (Å²) in [5, 5.41) is 3.35. The van der Waals surface area contributed by atoms with Gasteiger partial charge in [0, 0.05) is 15.6 Å². The van der Waals surface area contributed by atoms with Gasteiger partial charge in [-0.2, -0.15) is 0 Å². The van der Waals surface area contributed by atoms with Crippen LogP contribution in [-0.2, 0) is 6.54 Å². The van der Waals surface area contributed by atoms with E-state index in [4.69, 9.17) is 9.15 Å². The molecule has 1 aromatic heterocycles. The molecule has 0 saturated carbocycles. The molecule has 0 atom stereocenters. The van der Waals surface area contributed by atoms with Gasteiger partial charge >= 0.3 is 0 Å². The smallest absolute Gasteiger partial charge is 0.208 e. The van der Waals surface area contributed by atoms with Crippen LogP contribution in [0.5, 0.6) is 5.75 Å². The lowest BCUT2D eigenvalue weighted by molar-refractivity contribution is 0.383. The average molecular weight is 339 g/mol. The van der Waals surface area contributed by atoms with Gasteiger partial charge in [0.05, 0.1) is 19.9 Å². The largest absolute Gasteiger partial charge is 0.497 e. The molecule has 1 heterocycles. The first kappa shape index (κ1) is 15.1. The van der Waals surface area contributed by atoms with Crippen LogP contribution in [0.3, 0.4) is 0 Å². The van der Waals surface area contributed by atoms with Crippen LogP contribution >= 0.6 is 15.9 Å². The predicted octanol–water partition coefficient (Wildman–Crippen LogP) is 4.00. The maximum absolute atomic E-state index is 5.79. The standard InChI is InChI=1S/C15H19BrN2O2/c1-15(2,3)18-9-14-17-8-13(20-14)11-7-10(19-4)5-6-12(11)16/h5-8,18H,9H2,1-4H3. The maximum atomic E-state index is 5.79. The normalized spacial score (nSPS) is 11.7. The molecule has 0 unspecified atom stereocenters. The van der Waals surface area contributed by atoms with Crippen LogP contribution < -0.4 is 10.1 Å². The molecule has 108 valence electrons. The average Bonchev–Trinajstić information content (AvgIpc) is 2.85. The van der Waals surface area contributed by atoms with Crippen molar-refractivity contribution in [3.63, 3.8) is 0 Å². The molecule has 20 heavy (non-hydrogen) atoms. The highest BCUT2D eigenvalue weighted by atomic mass is 79.9. The number of hydrogen-bond acceptors (Lipinski definition) is 4. The molecule has 1 aromatic carbocycles. The van der Waals surface area contributed by atoms with Crippen molar-refractivity contribution in [3.8, 4) is 17.1 Å². The van der Waals surface area contributed by atoms with Crippen molar-refractivity contribution in [2.45, 2.75) is 32.9 Å². The SMILES string of the molecule is COc1ccc(Br)c(-c2cnc(CNC(C)(C)C)o2)c1. The van der Waals surface area contributed by atoms with Gasteiger partial charge in [0.2, 0.25) is 5.89 Å². The van der Waals surface area contributed by atoms with Gasteiger partial charge in [-0.1, -0.05) is 15.9 Å². The third-order valence-corrected chi connectivity index (χ3v) is 3.45. The molecule has 0 bridgehead atoms. The monoisotopic (exact) mass is 338 g/mol. The van der Waals surface area contributed by atoms with Crippen molar-refractivity contribution >= 4 is 15.9 Å². The van der Waals surface area contributed by atoms with Gasteiger partial charge in [-0.15, -0.1) is 0 Å². The molecule has 1 N–H and O–H groups in total. The number of rotatable bonds is 4. The Hall–Kier alpha value is -1.33. The number of methoxy groups -OCH3 is 1. The summed E-state index contributed by atoms with van der Waals surface area (Å²) in [6.45, 7) is 6.92. The van der Waals surface area contributed by atoms with E-state index in [0.29, 0.717) is 12.4 Å². The Labute approximate surface area is 127 Å². The number of benzene rings is 1. The first-order chi connectivity index (χ1) is 9.39. The number of oxazole rings is 1. The van der Waals surface area contributed by atoms with Crippen LogP contribution in [0.1, 0.15) is 26.7 Å². The Balaban J connectivity index is 2.20. The number of ether oxygens (including phenoxy) is 1. The molecule has 0 aliphatic heterocycles. The number of nitrogens with zero attached hydrogens (tertiary/aromatic N) is 1. The molecule has 2 rings (SSSR count). The van der Waals surface area contributed by atoms with E-state index in [1.807, 2.05) is 18.2 Å². The highest BCUT2D eigenvalue weighted by molar-refractivity contribution is 9.10. The van der Waals surface area contributed by atoms with E-state index in [1.165, 1.54) is 0 Å². The van der Waals surface area contributed by atoms with Crippen molar-refractivity contribution in [3.05, 3.63) is 34.8 Å². The summed E-state index contributed by atoms with van der Waals surface area (Å²) in [4.78, 5) is 4.30. The number of halogens is 1. The second kappa shape index (κ2) is 5.97. The molecule has 2 aromatic rings. The topological polar surface area (TPSA) is 47.3 Å². The summed E-state index contributed by atoms with van der Waals surface area (Å²) in [6.07, 6.45) is 1.74. The summed E-state index contributed by atoms with van der Waals surface area (Å²) >= 11 is 3.52. The zero-order valence-corrected chi connectivity index (χ0v) is 13.7. The van der Waals surface area contributed by atoms with Crippen LogP contribution in [0, 0.1) is 0 Å². The molecule has 0 radical (unpaired) electrons. The van der Waals surface area contributed by atoms with Crippen LogP contribution in [0.4, 0.5) is 0 Å². The van der Waals surface area contributed by atoms with E-state index in [1.54, 1.807) is 13.3 Å². The Bertz CT molecular complexity index is 588. The zero-order chi connectivity index (χ0) is 14.8. The lowest BCUT2D eigenvalue weighted by Crippen LogP contribution is -2.35. The third kappa shape index (κ3) is 3.84. The van der Waals surface area contributed by atoms with Crippen molar-refractivity contribution in [1.29, 1.82) is 0 Å².